The van der Waals surface area contributed by atoms with Crippen LogP contribution in [-0.4, -0.2) is 96.7 Å². The summed E-state index contributed by atoms with van der Waals surface area (Å²) in [6.07, 6.45) is 76.6. The van der Waals surface area contributed by atoms with Crippen LogP contribution in [0.3, 0.4) is 0 Å². The maximum Gasteiger partial charge on any atom is 0.472 e. The van der Waals surface area contributed by atoms with Crippen LogP contribution in [0.15, 0.2) is 0 Å². The molecule has 0 aromatic carbocycles. The number of carbonyl (C=O) groups excluding carboxylic acids is 4. The largest absolute Gasteiger partial charge is 0.472 e. The monoisotopic (exact) mass is 1610 g/mol. The van der Waals surface area contributed by atoms with Gasteiger partial charge in [-0.15, -0.1) is 0 Å². The molecule has 0 aromatic rings. The van der Waals surface area contributed by atoms with E-state index >= 15 is 0 Å². The molecule has 0 fully saturated rings. The van der Waals surface area contributed by atoms with E-state index in [2.05, 4.69) is 41.5 Å². The molecule has 0 saturated heterocycles. The molecule has 654 valence electrons. The Kier molecular flexibility index (Phi) is 80.7. The summed E-state index contributed by atoms with van der Waals surface area (Å²) in [6, 6.07) is 0. The van der Waals surface area contributed by atoms with E-state index in [1.54, 1.807) is 0 Å². The summed E-state index contributed by atoms with van der Waals surface area (Å²) in [5, 5.41) is 10.7. The SMILES string of the molecule is CCCCCCCCCCCCCCCCCCCCCCCCC(=O)OC[C@H](COP(=O)(O)OC[C@@H](O)COP(=O)(O)OC[C@@H](COC(=O)CCCCCCCCC(C)CC)OC(=O)CCCCCCCCCCCCCCCCCC)OC(=O)CCCCCCCCCCCCCCCCCCCCC(C)CC. The summed E-state index contributed by atoms with van der Waals surface area (Å²) in [6.45, 7) is 9.72. The van der Waals surface area contributed by atoms with Crippen LogP contribution in [0.5, 0.6) is 0 Å². The number of phosphoric acid groups is 2. The summed E-state index contributed by atoms with van der Waals surface area (Å²) in [5.41, 5.74) is 0. The van der Waals surface area contributed by atoms with E-state index in [1.807, 2.05) is 0 Å². The summed E-state index contributed by atoms with van der Waals surface area (Å²) in [7, 11) is -9.93. The van der Waals surface area contributed by atoms with Crippen LogP contribution in [0.1, 0.15) is 491 Å². The number of hydrogen-bond donors (Lipinski definition) is 3. The number of carbonyl (C=O) groups is 4. The molecule has 0 saturated carbocycles. The minimum Gasteiger partial charge on any atom is -0.462 e. The lowest BCUT2D eigenvalue weighted by molar-refractivity contribution is -0.161. The van der Waals surface area contributed by atoms with Gasteiger partial charge in [0.2, 0.25) is 0 Å². The van der Waals surface area contributed by atoms with Gasteiger partial charge in [-0.1, -0.05) is 440 Å². The molecule has 110 heavy (non-hydrogen) atoms. The Balaban J connectivity index is 5.21. The highest BCUT2D eigenvalue weighted by molar-refractivity contribution is 7.47. The zero-order chi connectivity index (χ0) is 80.6. The topological polar surface area (TPSA) is 237 Å². The Morgan fingerprint density at radius 2 is 0.436 bits per heavy atom. The third-order valence-electron chi connectivity index (χ3n) is 22.2. The number of hydrogen-bond acceptors (Lipinski definition) is 15. The van der Waals surface area contributed by atoms with E-state index in [4.69, 9.17) is 37.0 Å². The lowest BCUT2D eigenvalue weighted by Crippen LogP contribution is -2.30. The van der Waals surface area contributed by atoms with Crippen LogP contribution < -0.4 is 0 Å². The fraction of sp³-hybridized carbons (Fsp3) is 0.956. The molecule has 0 aliphatic heterocycles. The van der Waals surface area contributed by atoms with Crippen molar-refractivity contribution in [2.45, 2.75) is 509 Å². The second kappa shape index (κ2) is 82.2. The summed E-state index contributed by atoms with van der Waals surface area (Å²) in [4.78, 5) is 73.4. The van der Waals surface area contributed by atoms with Gasteiger partial charge in [-0.3, -0.25) is 37.3 Å². The van der Waals surface area contributed by atoms with Crippen molar-refractivity contribution < 1.29 is 80.2 Å². The first-order valence-electron chi connectivity index (χ1n) is 47.1. The zero-order valence-electron chi connectivity index (χ0n) is 72.6. The van der Waals surface area contributed by atoms with Crippen molar-refractivity contribution in [3.05, 3.63) is 0 Å². The Morgan fingerprint density at radius 1 is 0.255 bits per heavy atom. The van der Waals surface area contributed by atoms with Crippen LogP contribution in [-0.2, 0) is 65.4 Å². The van der Waals surface area contributed by atoms with E-state index in [-0.39, 0.29) is 25.7 Å². The van der Waals surface area contributed by atoms with E-state index in [1.165, 1.54) is 302 Å². The normalized spacial score (nSPS) is 14.2. The van der Waals surface area contributed by atoms with E-state index in [0.29, 0.717) is 25.7 Å². The summed E-state index contributed by atoms with van der Waals surface area (Å²) in [5.74, 6) is -0.497. The van der Waals surface area contributed by atoms with Crippen LogP contribution in [0.4, 0.5) is 0 Å². The predicted octanol–water partition coefficient (Wildman–Crippen LogP) is 28.2. The molecule has 0 bridgehead atoms. The molecule has 0 radical (unpaired) electrons. The maximum absolute atomic E-state index is 13.2. The van der Waals surface area contributed by atoms with Gasteiger partial charge in [0.1, 0.15) is 19.3 Å². The Bertz CT molecular complexity index is 2100. The number of ether oxygens (including phenoxy) is 4. The lowest BCUT2D eigenvalue weighted by Gasteiger charge is -2.21. The fourth-order valence-electron chi connectivity index (χ4n) is 14.2. The third kappa shape index (κ3) is 81.2. The number of rotatable bonds is 90. The summed E-state index contributed by atoms with van der Waals surface area (Å²) >= 11 is 0. The average molecular weight is 1610 g/mol. The minimum absolute atomic E-state index is 0.108. The molecular formula is C91H178O17P2. The molecule has 0 amide bonds. The lowest BCUT2D eigenvalue weighted by atomic mass is 9.99. The van der Waals surface area contributed by atoms with E-state index < -0.39 is 97.5 Å². The van der Waals surface area contributed by atoms with Crippen LogP contribution >= 0.6 is 15.6 Å². The molecule has 0 heterocycles. The quantitative estimate of drug-likeness (QED) is 0.0222. The minimum atomic E-state index is -4.97. The smallest absolute Gasteiger partial charge is 0.462 e. The maximum atomic E-state index is 13.2. The zero-order valence-corrected chi connectivity index (χ0v) is 74.4. The third-order valence-corrected chi connectivity index (χ3v) is 24.1. The van der Waals surface area contributed by atoms with Gasteiger partial charge >= 0.3 is 39.5 Å². The number of phosphoric ester groups is 2. The van der Waals surface area contributed by atoms with Gasteiger partial charge in [-0.05, 0) is 37.5 Å². The number of aliphatic hydroxyl groups is 1. The van der Waals surface area contributed by atoms with Gasteiger partial charge in [0.05, 0.1) is 26.4 Å². The Morgan fingerprint density at radius 3 is 0.645 bits per heavy atom. The van der Waals surface area contributed by atoms with Gasteiger partial charge < -0.3 is 33.8 Å². The first kappa shape index (κ1) is 108. The van der Waals surface area contributed by atoms with Crippen molar-refractivity contribution in [2.75, 3.05) is 39.6 Å². The molecule has 17 nitrogen and oxygen atoms in total. The van der Waals surface area contributed by atoms with Crippen LogP contribution in [0.25, 0.3) is 0 Å². The number of aliphatic hydroxyl groups excluding tert-OH is 1. The molecule has 7 atom stereocenters. The average Bonchev–Trinajstić information content (AvgIpc) is 0.925. The van der Waals surface area contributed by atoms with Gasteiger partial charge in [0.15, 0.2) is 12.2 Å². The van der Waals surface area contributed by atoms with Crippen molar-refractivity contribution in [1.29, 1.82) is 0 Å². The standard InChI is InChI=1S/C91H178O17P2/c1-7-11-13-15-17-19-21-23-25-27-28-29-30-31-35-39-42-46-50-54-61-67-73-88(93)101-79-86(107-90(95)75-70-64-56-52-48-44-40-36-33-32-34-37-41-45-49-53-59-65-71-83(5)9-3)81-105-109(97,98)103-77-85(92)78-104-110(99,100)106-82-87(80-102-89(94)74-68-62-58-57-60-66-72-84(6)10-4)108-91(96)76-69-63-55-51-47-43-38-26-24-22-20-18-16-14-12-8-2/h83-87,92H,7-82H2,1-6H3,(H,97,98)(H,99,100)/t83?,84?,85-,86-,87-/m1/s1. The van der Waals surface area contributed by atoms with Crippen LogP contribution in [0, 0.1) is 11.8 Å². The van der Waals surface area contributed by atoms with Crippen molar-refractivity contribution in [3.8, 4) is 0 Å². The molecule has 19 heteroatoms. The second-order valence-corrected chi connectivity index (χ2v) is 36.1. The van der Waals surface area contributed by atoms with Crippen molar-refractivity contribution in [1.82, 2.24) is 0 Å². The molecule has 0 aromatic heterocycles. The first-order valence-corrected chi connectivity index (χ1v) is 50.1. The highest BCUT2D eigenvalue weighted by Crippen LogP contribution is 2.45. The fourth-order valence-corrected chi connectivity index (χ4v) is 15.8. The van der Waals surface area contributed by atoms with Crippen molar-refractivity contribution >= 4 is 39.5 Å². The molecule has 0 aliphatic carbocycles. The molecule has 0 aliphatic rings. The van der Waals surface area contributed by atoms with Gasteiger partial charge in [0.25, 0.3) is 0 Å². The molecule has 0 rings (SSSR count). The highest BCUT2D eigenvalue weighted by atomic mass is 31.2. The van der Waals surface area contributed by atoms with Crippen molar-refractivity contribution in [3.63, 3.8) is 0 Å². The van der Waals surface area contributed by atoms with Gasteiger partial charge in [-0.25, -0.2) is 9.13 Å². The van der Waals surface area contributed by atoms with Crippen LogP contribution in [0.2, 0.25) is 0 Å². The van der Waals surface area contributed by atoms with E-state index in [0.717, 1.165) is 108 Å². The molecular weight excluding hydrogens is 1430 g/mol. The Hall–Kier alpha value is -1.94. The second-order valence-electron chi connectivity index (χ2n) is 33.2. The van der Waals surface area contributed by atoms with Crippen molar-refractivity contribution in [2.24, 2.45) is 11.8 Å². The number of unbranched alkanes of at least 4 members (excludes halogenated alkanes) is 58. The van der Waals surface area contributed by atoms with Gasteiger partial charge in [-0.2, -0.15) is 0 Å². The Labute approximate surface area is 677 Å². The molecule has 0 spiro atoms. The first-order chi connectivity index (χ1) is 53.4. The highest BCUT2D eigenvalue weighted by Gasteiger charge is 2.31. The summed E-state index contributed by atoms with van der Waals surface area (Å²) < 4.78 is 69.0. The van der Waals surface area contributed by atoms with Gasteiger partial charge in [0, 0.05) is 25.7 Å². The molecule has 4 unspecified atom stereocenters. The van der Waals surface area contributed by atoms with E-state index in [9.17, 15) is 43.2 Å². The predicted molar refractivity (Wildman–Crippen MR) is 455 cm³/mol. The molecule has 3 N–H and O–H groups in total. The number of esters is 4.